The fourth-order valence-electron chi connectivity index (χ4n) is 2.46. The first-order chi connectivity index (χ1) is 12.7. The second-order valence-electron chi connectivity index (χ2n) is 6.13. The van der Waals surface area contributed by atoms with Gasteiger partial charge in [-0.05, 0) is 42.7 Å². The van der Waals surface area contributed by atoms with Crippen LogP contribution in [-0.4, -0.2) is 31.4 Å². The Balaban J connectivity index is 1.68. The number of carbonyl (C=O) groups is 2. The molecule has 0 aliphatic rings. The van der Waals surface area contributed by atoms with Crippen LogP contribution in [0.3, 0.4) is 0 Å². The molecule has 0 saturated heterocycles. The van der Waals surface area contributed by atoms with Crippen LogP contribution in [0.5, 0.6) is 0 Å². The second-order valence-corrected chi connectivity index (χ2v) is 6.13. The van der Waals surface area contributed by atoms with Crippen molar-refractivity contribution in [3.63, 3.8) is 0 Å². The van der Waals surface area contributed by atoms with Crippen molar-refractivity contribution in [3.8, 4) is 0 Å². The lowest BCUT2D eigenvalue weighted by Crippen LogP contribution is -2.31. The van der Waals surface area contributed by atoms with Gasteiger partial charge in [0, 0.05) is 24.3 Å². The summed E-state index contributed by atoms with van der Waals surface area (Å²) in [6.45, 7) is 3.60. The summed E-state index contributed by atoms with van der Waals surface area (Å²) < 4.78 is 0. The minimum atomic E-state index is -0.0661. The summed E-state index contributed by atoms with van der Waals surface area (Å²) >= 11 is 0. The van der Waals surface area contributed by atoms with Gasteiger partial charge >= 0.3 is 0 Å². The van der Waals surface area contributed by atoms with Crippen LogP contribution in [0.15, 0.2) is 54.6 Å². The summed E-state index contributed by atoms with van der Waals surface area (Å²) in [5, 5.41) is 8.84. The lowest BCUT2D eigenvalue weighted by atomic mass is 10.1. The molecule has 3 N–H and O–H groups in total. The molecule has 0 fully saturated rings. The standard InChI is InChI=1S/C21H27N3O2/c1-2-3-14-23-21(26)18-9-11-19(12-10-18)24-16-20(25)22-15-13-17-7-5-4-6-8-17/h4-12,24H,2-3,13-16H2,1H3,(H,22,25)(H,23,26). The van der Waals surface area contributed by atoms with Crippen LogP contribution in [0.25, 0.3) is 0 Å². The molecular formula is C21H27N3O2. The van der Waals surface area contributed by atoms with Gasteiger partial charge in [0.1, 0.15) is 0 Å². The molecule has 0 aliphatic heterocycles. The van der Waals surface area contributed by atoms with Crippen molar-refractivity contribution in [1.82, 2.24) is 10.6 Å². The van der Waals surface area contributed by atoms with E-state index >= 15 is 0 Å². The molecule has 0 atom stereocenters. The summed E-state index contributed by atoms with van der Waals surface area (Å²) in [4.78, 5) is 23.8. The van der Waals surface area contributed by atoms with Crippen LogP contribution in [0.1, 0.15) is 35.7 Å². The first-order valence-electron chi connectivity index (χ1n) is 9.12. The van der Waals surface area contributed by atoms with Gasteiger partial charge in [0.15, 0.2) is 0 Å². The van der Waals surface area contributed by atoms with Crippen LogP contribution in [-0.2, 0) is 11.2 Å². The van der Waals surface area contributed by atoms with Gasteiger partial charge in [-0.25, -0.2) is 0 Å². The van der Waals surface area contributed by atoms with Gasteiger partial charge < -0.3 is 16.0 Å². The zero-order chi connectivity index (χ0) is 18.6. The van der Waals surface area contributed by atoms with Gasteiger partial charge in [-0.3, -0.25) is 9.59 Å². The average Bonchev–Trinajstić information content (AvgIpc) is 2.68. The summed E-state index contributed by atoms with van der Waals surface area (Å²) in [5.41, 5.74) is 2.64. The third-order valence-electron chi connectivity index (χ3n) is 3.99. The van der Waals surface area contributed by atoms with Crippen molar-refractivity contribution < 1.29 is 9.59 Å². The zero-order valence-electron chi connectivity index (χ0n) is 15.3. The summed E-state index contributed by atoms with van der Waals surface area (Å²) in [6.07, 6.45) is 2.84. The molecule has 0 saturated carbocycles. The van der Waals surface area contributed by atoms with E-state index < -0.39 is 0 Å². The van der Waals surface area contributed by atoms with Gasteiger partial charge in [-0.2, -0.15) is 0 Å². The number of anilines is 1. The average molecular weight is 353 g/mol. The van der Waals surface area contributed by atoms with Gasteiger partial charge in [0.05, 0.1) is 6.54 Å². The maximum atomic E-state index is 11.9. The first-order valence-corrected chi connectivity index (χ1v) is 9.12. The number of carbonyl (C=O) groups excluding carboxylic acids is 2. The molecule has 2 amide bonds. The van der Waals surface area contributed by atoms with Gasteiger partial charge in [-0.15, -0.1) is 0 Å². The van der Waals surface area contributed by atoms with Crippen LogP contribution < -0.4 is 16.0 Å². The predicted octanol–water partition coefficient (Wildman–Crippen LogP) is 2.99. The summed E-state index contributed by atoms with van der Waals surface area (Å²) in [5.74, 6) is -0.119. The highest BCUT2D eigenvalue weighted by Crippen LogP contribution is 2.09. The first kappa shape index (κ1) is 19.5. The van der Waals surface area contributed by atoms with E-state index in [-0.39, 0.29) is 18.4 Å². The third kappa shape index (κ3) is 6.97. The van der Waals surface area contributed by atoms with Crippen molar-refractivity contribution in [2.24, 2.45) is 0 Å². The summed E-state index contributed by atoms with van der Waals surface area (Å²) in [7, 11) is 0. The predicted molar refractivity (Wildman–Crippen MR) is 105 cm³/mol. The lowest BCUT2D eigenvalue weighted by molar-refractivity contribution is -0.119. The number of hydrogen-bond acceptors (Lipinski definition) is 3. The quantitative estimate of drug-likeness (QED) is 0.575. The van der Waals surface area contributed by atoms with E-state index in [1.54, 1.807) is 12.1 Å². The molecule has 0 heterocycles. The molecule has 0 bridgehead atoms. The number of hydrogen-bond donors (Lipinski definition) is 3. The van der Waals surface area contributed by atoms with E-state index in [0.29, 0.717) is 18.7 Å². The molecule has 2 rings (SSSR count). The monoisotopic (exact) mass is 353 g/mol. The zero-order valence-corrected chi connectivity index (χ0v) is 15.3. The smallest absolute Gasteiger partial charge is 0.251 e. The third-order valence-corrected chi connectivity index (χ3v) is 3.99. The highest BCUT2D eigenvalue weighted by molar-refractivity contribution is 5.94. The fourth-order valence-corrected chi connectivity index (χ4v) is 2.46. The molecule has 138 valence electrons. The van der Waals surface area contributed by atoms with Gasteiger partial charge in [0.25, 0.3) is 5.91 Å². The maximum absolute atomic E-state index is 11.9. The molecule has 2 aromatic rings. The van der Waals surface area contributed by atoms with Gasteiger partial charge in [-0.1, -0.05) is 43.7 Å². The Morgan fingerprint density at radius 2 is 1.62 bits per heavy atom. The number of benzene rings is 2. The number of unbranched alkanes of at least 4 members (excludes halogenated alkanes) is 1. The molecule has 5 heteroatoms. The van der Waals surface area contributed by atoms with Crippen molar-refractivity contribution in [2.45, 2.75) is 26.2 Å². The van der Waals surface area contributed by atoms with Crippen LogP contribution in [0.2, 0.25) is 0 Å². The van der Waals surface area contributed by atoms with E-state index in [9.17, 15) is 9.59 Å². The number of rotatable bonds is 10. The Kier molecular flexibility index (Phi) is 8.19. The minimum Gasteiger partial charge on any atom is -0.376 e. The minimum absolute atomic E-state index is 0.0534. The van der Waals surface area contributed by atoms with Crippen molar-refractivity contribution >= 4 is 17.5 Å². The van der Waals surface area contributed by atoms with E-state index in [0.717, 1.165) is 24.9 Å². The molecule has 2 aromatic carbocycles. The molecule has 26 heavy (non-hydrogen) atoms. The Bertz CT molecular complexity index is 684. The van der Waals surface area contributed by atoms with Crippen molar-refractivity contribution in [3.05, 3.63) is 65.7 Å². The van der Waals surface area contributed by atoms with Crippen LogP contribution in [0.4, 0.5) is 5.69 Å². The molecule has 0 aliphatic carbocycles. The highest BCUT2D eigenvalue weighted by Gasteiger charge is 2.05. The van der Waals surface area contributed by atoms with Gasteiger partial charge in [0.2, 0.25) is 5.91 Å². The topological polar surface area (TPSA) is 70.2 Å². The Morgan fingerprint density at radius 3 is 2.31 bits per heavy atom. The molecule has 5 nitrogen and oxygen atoms in total. The Labute approximate surface area is 155 Å². The molecular weight excluding hydrogens is 326 g/mol. The number of amides is 2. The lowest BCUT2D eigenvalue weighted by Gasteiger charge is -2.09. The second kappa shape index (κ2) is 10.9. The van der Waals surface area contributed by atoms with Crippen LogP contribution in [0, 0.1) is 0 Å². The summed E-state index contributed by atoms with van der Waals surface area (Å²) in [6, 6.07) is 17.2. The molecule has 0 spiro atoms. The van der Waals surface area contributed by atoms with E-state index in [2.05, 4.69) is 22.9 Å². The fraction of sp³-hybridized carbons (Fsp3) is 0.333. The Morgan fingerprint density at radius 1 is 0.885 bits per heavy atom. The van der Waals surface area contributed by atoms with E-state index in [1.165, 1.54) is 5.56 Å². The molecule has 0 radical (unpaired) electrons. The van der Waals surface area contributed by atoms with Crippen molar-refractivity contribution in [1.29, 1.82) is 0 Å². The normalized spacial score (nSPS) is 10.2. The highest BCUT2D eigenvalue weighted by atomic mass is 16.2. The van der Waals surface area contributed by atoms with Crippen LogP contribution >= 0.6 is 0 Å². The largest absolute Gasteiger partial charge is 0.376 e. The van der Waals surface area contributed by atoms with E-state index in [4.69, 9.17) is 0 Å². The van der Waals surface area contributed by atoms with E-state index in [1.807, 2.05) is 42.5 Å². The van der Waals surface area contributed by atoms with Crippen molar-refractivity contribution in [2.75, 3.05) is 25.0 Å². The number of nitrogens with one attached hydrogen (secondary N) is 3. The maximum Gasteiger partial charge on any atom is 0.251 e. The molecule has 0 aromatic heterocycles. The Hall–Kier alpha value is -2.82. The SMILES string of the molecule is CCCCNC(=O)c1ccc(NCC(=O)NCCc2ccccc2)cc1. The molecule has 0 unspecified atom stereocenters.